The minimum Gasteiger partial charge on any atom is -0.368 e. The predicted octanol–water partition coefficient (Wildman–Crippen LogP) is 1.37. The second kappa shape index (κ2) is 8.10. The number of amides is 1. The number of rotatable bonds is 6. The zero-order chi connectivity index (χ0) is 19.7. The van der Waals surface area contributed by atoms with Crippen LogP contribution in [-0.2, 0) is 26.3 Å². The van der Waals surface area contributed by atoms with Crippen LogP contribution < -0.4 is 4.72 Å². The van der Waals surface area contributed by atoms with Gasteiger partial charge in [-0.15, -0.1) is 0 Å². The molecule has 4 rings (SSSR count). The standard InChI is InChI=1S/C20H29N3O4S/c1-22(12-15-6-3-2-4-7-15)28(25,26)21-19-16-9-10-17(19)14-23(13-16)20(24)18-8-5-11-27-18/h2-4,6-7,16-19,21H,5,8-14H2,1H3/t16-,17+,18-,19?/m0/s1. The van der Waals surface area contributed by atoms with E-state index in [9.17, 15) is 13.2 Å². The van der Waals surface area contributed by atoms with Gasteiger partial charge in [0, 0.05) is 39.3 Å². The van der Waals surface area contributed by atoms with Gasteiger partial charge in [0.15, 0.2) is 0 Å². The molecule has 7 nitrogen and oxygen atoms in total. The zero-order valence-electron chi connectivity index (χ0n) is 16.3. The summed E-state index contributed by atoms with van der Waals surface area (Å²) in [5.74, 6) is 0.421. The van der Waals surface area contributed by atoms with Crippen molar-refractivity contribution in [1.82, 2.24) is 13.9 Å². The molecular weight excluding hydrogens is 378 g/mol. The third-order valence-electron chi connectivity index (χ3n) is 6.29. The molecule has 0 radical (unpaired) electrons. The second-order valence-corrected chi connectivity index (χ2v) is 10.0. The molecule has 3 aliphatic rings. The summed E-state index contributed by atoms with van der Waals surface area (Å²) in [6.45, 7) is 2.23. The van der Waals surface area contributed by atoms with E-state index in [0.29, 0.717) is 26.2 Å². The molecule has 28 heavy (non-hydrogen) atoms. The van der Waals surface area contributed by atoms with Crippen molar-refractivity contribution < 1.29 is 17.9 Å². The number of nitrogens with zero attached hydrogens (tertiary/aromatic N) is 2. The Hall–Kier alpha value is -1.48. The first-order valence-corrected chi connectivity index (χ1v) is 11.6. The molecule has 1 aromatic rings. The Kier molecular flexibility index (Phi) is 5.73. The molecule has 154 valence electrons. The van der Waals surface area contributed by atoms with Crippen molar-refractivity contribution in [2.24, 2.45) is 11.8 Å². The fraction of sp³-hybridized carbons (Fsp3) is 0.650. The molecule has 2 saturated heterocycles. The number of carbonyl (C=O) groups is 1. The molecule has 3 fully saturated rings. The van der Waals surface area contributed by atoms with E-state index in [-0.39, 0.29) is 29.9 Å². The van der Waals surface area contributed by atoms with Crippen molar-refractivity contribution >= 4 is 16.1 Å². The molecule has 1 unspecified atom stereocenters. The molecule has 1 N–H and O–H groups in total. The topological polar surface area (TPSA) is 79.0 Å². The van der Waals surface area contributed by atoms with E-state index in [1.807, 2.05) is 35.2 Å². The van der Waals surface area contributed by atoms with Crippen molar-refractivity contribution in [3.63, 3.8) is 0 Å². The van der Waals surface area contributed by atoms with Gasteiger partial charge in [-0.25, -0.2) is 0 Å². The van der Waals surface area contributed by atoms with E-state index in [2.05, 4.69) is 4.72 Å². The van der Waals surface area contributed by atoms with Gasteiger partial charge in [-0.05, 0) is 43.1 Å². The molecule has 8 heteroatoms. The Labute approximate surface area is 167 Å². The lowest BCUT2D eigenvalue weighted by atomic mass is 9.92. The lowest BCUT2D eigenvalue weighted by molar-refractivity contribution is -0.143. The Balaban J connectivity index is 1.38. The van der Waals surface area contributed by atoms with Crippen molar-refractivity contribution in [2.75, 3.05) is 26.7 Å². The Morgan fingerprint density at radius 2 is 1.86 bits per heavy atom. The number of hydrogen-bond donors (Lipinski definition) is 1. The van der Waals surface area contributed by atoms with Gasteiger partial charge in [-0.1, -0.05) is 30.3 Å². The first-order valence-electron chi connectivity index (χ1n) is 10.1. The number of carbonyl (C=O) groups excluding carboxylic acids is 1. The van der Waals surface area contributed by atoms with E-state index in [0.717, 1.165) is 31.2 Å². The maximum absolute atomic E-state index is 12.9. The molecule has 1 saturated carbocycles. The van der Waals surface area contributed by atoms with Crippen molar-refractivity contribution in [1.29, 1.82) is 0 Å². The van der Waals surface area contributed by atoms with Gasteiger partial charge < -0.3 is 9.64 Å². The molecule has 2 aliphatic heterocycles. The SMILES string of the molecule is CN(Cc1ccccc1)S(=O)(=O)NC1[C@@H]2CC[C@H]1CN(C(=O)[C@@H]1CCCO1)C2. The maximum Gasteiger partial charge on any atom is 0.279 e. The van der Waals surface area contributed by atoms with Gasteiger partial charge in [0.25, 0.3) is 16.1 Å². The molecule has 2 heterocycles. The van der Waals surface area contributed by atoms with Crippen LogP contribution in [0.1, 0.15) is 31.2 Å². The molecule has 0 aromatic heterocycles. The van der Waals surface area contributed by atoms with E-state index in [1.54, 1.807) is 7.05 Å². The summed E-state index contributed by atoms with van der Waals surface area (Å²) in [4.78, 5) is 14.6. The third-order valence-corrected chi connectivity index (χ3v) is 7.81. The fourth-order valence-electron chi connectivity index (χ4n) is 4.76. The normalized spacial score (nSPS) is 30.1. The van der Waals surface area contributed by atoms with E-state index in [1.165, 1.54) is 4.31 Å². The van der Waals surface area contributed by atoms with Crippen LogP contribution in [0.4, 0.5) is 0 Å². The minimum atomic E-state index is -3.58. The highest BCUT2D eigenvalue weighted by molar-refractivity contribution is 7.87. The molecule has 1 aliphatic carbocycles. The van der Waals surface area contributed by atoms with E-state index in [4.69, 9.17) is 4.74 Å². The predicted molar refractivity (Wildman–Crippen MR) is 106 cm³/mol. The highest BCUT2D eigenvalue weighted by Crippen LogP contribution is 2.38. The van der Waals surface area contributed by atoms with Gasteiger partial charge >= 0.3 is 0 Å². The Bertz CT molecular complexity index is 781. The van der Waals surface area contributed by atoms with Crippen molar-refractivity contribution in [3.8, 4) is 0 Å². The van der Waals surface area contributed by atoms with Crippen LogP contribution in [0.3, 0.4) is 0 Å². The summed E-state index contributed by atoms with van der Waals surface area (Å²) in [6, 6.07) is 9.47. The van der Waals surface area contributed by atoms with Crippen LogP contribution in [0.15, 0.2) is 30.3 Å². The summed E-state index contributed by atoms with van der Waals surface area (Å²) in [5.41, 5.74) is 0.954. The highest BCUT2D eigenvalue weighted by atomic mass is 32.2. The molecule has 1 aromatic carbocycles. The van der Waals surface area contributed by atoms with E-state index < -0.39 is 10.2 Å². The zero-order valence-corrected chi connectivity index (χ0v) is 17.1. The quantitative estimate of drug-likeness (QED) is 0.773. The molecular formula is C20H29N3O4S. The number of hydrogen-bond acceptors (Lipinski definition) is 4. The number of nitrogens with one attached hydrogen (secondary N) is 1. The number of piperidine rings is 1. The van der Waals surface area contributed by atoms with Gasteiger partial charge in [-0.3, -0.25) is 4.79 Å². The molecule has 2 bridgehead atoms. The number of ether oxygens (including phenoxy) is 1. The monoisotopic (exact) mass is 407 g/mol. The van der Waals surface area contributed by atoms with Crippen LogP contribution in [0.25, 0.3) is 0 Å². The minimum absolute atomic E-state index is 0.0805. The van der Waals surface area contributed by atoms with Crippen molar-refractivity contribution in [3.05, 3.63) is 35.9 Å². The Morgan fingerprint density at radius 1 is 1.18 bits per heavy atom. The number of likely N-dealkylation sites (tertiary alicyclic amines) is 1. The van der Waals surface area contributed by atoms with E-state index >= 15 is 0 Å². The summed E-state index contributed by atoms with van der Waals surface area (Å²) in [6.07, 6.45) is 3.34. The summed E-state index contributed by atoms with van der Waals surface area (Å²) in [7, 11) is -1.98. The fourth-order valence-corrected chi connectivity index (χ4v) is 5.99. The van der Waals surface area contributed by atoms with Crippen LogP contribution >= 0.6 is 0 Å². The molecule has 1 amide bonds. The lowest BCUT2D eigenvalue weighted by Gasteiger charge is -2.39. The average molecular weight is 408 g/mol. The number of benzene rings is 1. The van der Waals surface area contributed by atoms with Crippen LogP contribution in [0, 0.1) is 11.8 Å². The lowest BCUT2D eigenvalue weighted by Crippen LogP contribution is -2.57. The Morgan fingerprint density at radius 3 is 2.46 bits per heavy atom. The van der Waals surface area contributed by atoms with Gasteiger partial charge in [0.05, 0.1) is 0 Å². The van der Waals surface area contributed by atoms with Crippen LogP contribution in [-0.4, -0.2) is 62.4 Å². The van der Waals surface area contributed by atoms with Crippen LogP contribution in [0.5, 0.6) is 0 Å². The largest absolute Gasteiger partial charge is 0.368 e. The first kappa shape index (κ1) is 19.8. The summed E-state index contributed by atoms with van der Waals surface area (Å²) in [5, 5.41) is 0. The van der Waals surface area contributed by atoms with Gasteiger partial charge in [0.1, 0.15) is 6.10 Å². The summed E-state index contributed by atoms with van der Waals surface area (Å²) < 4.78 is 35.6. The number of fused-ring (bicyclic) bond motifs is 2. The second-order valence-electron chi connectivity index (χ2n) is 8.23. The first-order chi connectivity index (χ1) is 13.4. The van der Waals surface area contributed by atoms with Gasteiger partial charge in [0.2, 0.25) is 0 Å². The average Bonchev–Trinajstić information content (AvgIpc) is 3.28. The van der Waals surface area contributed by atoms with Gasteiger partial charge in [-0.2, -0.15) is 17.4 Å². The maximum atomic E-state index is 12.9. The smallest absolute Gasteiger partial charge is 0.279 e. The summed E-state index contributed by atoms with van der Waals surface area (Å²) >= 11 is 0. The van der Waals surface area contributed by atoms with Crippen molar-refractivity contribution in [2.45, 2.75) is 44.4 Å². The highest BCUT2D eigenvalue weighted by Gasteiger charge is 2.46. The molecule has 0 spiro atoms. The third kappa shape index (κ3) is 4.10. The molecule has 4 atom stereocenters. The van der Waals surface area contributed by atoms with Crippen LogP contribution in [0.2, 0.25) is 0 Å².